The standard InChI is InChI=1S/C10H16NO/c1-4-10-6-5-8(2)11(7-10)9(3)12/h5-7,9,12H,4H2,1-3H3/q+1. The monoisotopic (exact) mass is 166 g/mol. The van der Waals surface area contributed by atoms with E-state index in [1.807, 2.05) is 23.8 Å². The molecular weight excluding hydrogens is 150 g/mol. The smallest absolute Gasteiger partial charge is 0.257 e. The number of rotatable bonds is 2. The summed E-state index contributed by atoms with van der Waals surface area (Å²) in [5.41, 5.74) is 2.34. The second kappa shape index (κ2) is 3.68. The molecule has 1 heterocycles. The highest BCUT2D eigenvalue weighted by molar-refractivity contribution is 5.08. The van der Waals surface area contributed by atoms with Crippen LogP contribution in [0.4, 0.5) is 0 Å². The zero-order chi connectivity index (χ0) is 9.14. The molecule has 0 spiro atoms. The molecule has 0 aromatic carbocycles. The van der Waals surface area contributed by atoms with Crippen molar-refractivity contribution in [2.45, 2.75) is 33.4 Å². The molecule has 0 amide bonds. The molecule has 0 fully saturated rings. The van der Waals surface area contributed by atoms with Crippen molar-refractivity contribution >= 4 is 0 Å². The minimum absolute atomic E-state index is 0.434. The number of hydrogen-bond acceptors (Lipinski definition) is 1. The molecule has 12 heavy (non-hydrogen) atoms. The Balaban J connectivity index is 3.08. The lowest BCUT2D eigenvalue weighted by Gasteiger charge is -2.03. The summed E-state index contributed by atoms with van der Waals surface area (Å²) in [5.74, 6) is 0. The average molecular weight is 166 g/mol. The van der Waals surface area contributed by atoms with Crippen LogP contribution in [-0.4, -0.2) is 5.11 Å². The van der Waals surface area contributed by atoms with E-state index >= 15 is 0 Å². The molecule has 0 bridgehead atoms. The van der Waals surface area contributed by atoms with Crippen molar-refractivity contribution < 1.29 is 9.67 Å². The van der Waals surface area contributed by atoms with Crippen LogP contribution in [0.15, 0.2) is 18.3 Å². The summed E-state index contributed by atoms with van der Waals surface area (Å²) >= 11 is 0. The van der Waals surface area contributed by atoms with Crippen molar-refractivity contribution in [3.8, 4) is 0 Å². The highest BCUT2D eigenvalue weighted by Crippen LogP contribution is 2.00. The largest absolute Gasteiger partial charge is 0.337 e. The number of aliphatic hydroxyl groups is 1. The molecule has 66 valence electrons. The molecule has 1 unspecified atom stereocenters. The Labute approximate surface area is 73.5 Å². The molecule has 2 nitrogen and oxygen atoms in total. The summed E-state index contributed by atoms with van der Waals surface area (Å²) in [6, 6.07) is 4.12. The Hall–Kier alpha value is -0.890. The van der Waals surface area contributed by atoms with Crippen molar-refractivity contribution in [1.82, 2.24) is 0 Å². The Bertz CT molecular complexity index is 269. The third kappa shape index (κ3) is 1.83. The molecule has 2 heteroatoms. The fraction of sp³-hybridized carbons (Fsp3) is 0.500. The van der Waals surface area contributed by atoms with Crippen molar-refractivity contribution in [2.75, 3.05) is 0 Å². The lowest BCUT2D eigenvalue weighted by Crippen LogP contribution is -2.40. The highest BCUT2D eigenvalue weighted by atomic mass is 16.3. The van der Waals surface area contributed by atoms with Crippen LogP contribution in [0.2, 0.25) is 0 Å². The van der Waals surface area contributed by atoms with E-state index in [-0.39, 0.29) is 0 Å². The van der Waals surface area contributed by atoms with Crippen molar-refractivity contribution in [2.24, 2.45) is 0 Å². The minimum atomic E-state index is -0.434. The second-order valence-corrected chi connectivity index (χ2v) is 3.07. The van der Waals surface area contributed by atoms with Crippen LogP contribution in [0.1, 0.15) is 31.3 Å². The van der Waals surface area contributed by atoms with E-state index in [4.69, 9.17) is 0 Å². The van der Waals surface area contributed by atoms with Gasteiger partial charge in [0, 0.05) is 25.5 Å². The number of pyridine rings is 1. The Morgan fingerprint density at radius 2 is 2.17 bits per heavy atom. The first-order valence-corrected chi connectivity index (χ1v) is 4.34. The predicted octanol–water partition coefficient (Wildman–Crippen LogP) is 1.36. The first kappa shape index (κ1) is 9.20. The van der Waals surface area contributed by atoms with Gasteiger partial charge in [0.15, 0.2) is 11.9 Å². The van der Waals surface area contributed by atoms with Crippen molar-refractivity contribution in [3.63, 3.8) is 0 Å². The summed E-state index contributed by atoms with van der Waals surface area (Å²) in [4.78, 5) is 0. The van der Waals surface area contributed by atoms with Crippen LogP contribution in [0.25, 0.3) is 0 Å². The normalized spacial score (nSPS) is 13.0. The van der Waals surface area contributed by atoms with Crippen LogP contribution in [0, 0.1) is 6.92 Å². The maximum absolute atomic E-state index is 9.39. The minimum Gasteiger partial charge on any atom is -0.337 e. The van der Waals surface area contributed by atoms with Crippen LogP contribution >= 0.6 is 0 Å². The molecule has 0 aliphatic heterocycles. The third-order valence-electron chi connectivity index (χ3n) is 2.06. The number of hydrogen-bond donors (Lipinski definition) is 1. The number of aliphatic hydroxyl groups excluding tert-OH is 1. The maximum atomic E-state index is 9.39. The summed E-state index contributed by atoms with van der Waals surface area (Å²) < 4.78 is 1.87. The van der Waals surface area contributed by atoms with Crippen LogP contribution in [0.5, 0.6) is 0 Å². The van der Waals surface area contributed by atoms with E-state index in [1.54, 1.807) is 6.92 Å². The van der Waals surface area contributed by atoms with Gasteiger partial charge >= 0.3 is 0 Å². The Morgan fingerprint density at radius 1 is 1.50 bits per heavy atom. The molecule has 0 aliphatic rings. The van der Waals surface area contributed by atoms with Crippen LogP contribution in [0.3, 0.4) is 0 Å². The van der Waals surface area contributed by atoms with Crippen molar-refractivity contribution in [3.05, 3.63) is 29.6 Å². The fourth-order valence-corrected chi connectivity index (χ4v) is 1.25. The summed E-state index contributed by atoms with van der Waals surface area (Å²) in [6.07, 6.45) is 2.57. The maximum Gasteiger partial charge on any atom is 0.257 e. The molecule has 1 aromatic heterocycles. The van der Waals surface area contributed by atoms with Gasteiger partial charge in [-0.3, -0.25) is 0 Å². The van der Waals surface area contributed by atoms with Gasteiger partial charge < -0.3 is 5.11 Å². The van der Waals surface area contributed by atoms with Gasteiger partial charge in [0.05, 0.1) is 0 Å². The third-order valence-corrected chi connectivity index (χ3v) is 2.06. The second-order valence-electron chi connectivity index (χ2n) is 3.07. The molecule has 1 atom stereocenters. The van der Waals surface area contributed by atoms with Gasteiger partial charge in [-0.2, -0.15) is 4.57 Å². The van der Waals surface area contributed by atoms with Crippen molar-refractivity contribution in [1.29, 1.82) is 0 Å². The van der Waals surface area contributed by atoms with E-state index in [0.29, 0.717) is 0 Å². The van der Waals surface area contributed by atoms with Crippen LogP contribution < -0.4 is 4.57 Å². The first-order chi connectivity index (χ1) is 5.65. The van der Waals surface area contributed by atoms with Gasteiger partial charge in [-0.15, -0.1) is 0 Å². The summed E-state index contributed by atoms with van der Waals surface area (Å²) in [6.45, 7) is 5.87. The predicted molar refractivity (Wildman–Crippen MR) is 47.7 cm³/mol. The van der Waals surface area contributed by atoms with E-state index in [9.17, 15) is 5.11 Å². The quantitative estimate of drug-likeness (QED) is 0.659. The Kier molecular flexibility index (Phi) is 2.82. The van der Waals surface area contributed by atoms with E-state index < -0.39 is 6.23 Å². The lowest BCUT2D eigenvalue weighted by molar-refractivity contribution is -0.761. The SMILES string of the molecule is CCc1ccc(C)[n+](C(C)O)c1. The van der Waals surface area contributed by atoms with Crippen LogP contribution in [-0.2, 0) is 6.42 Å². The molecule has 1 aromatic rings. The zero-order valence-corrected chi connectivity index (χ0v) is 7.91. The topological polar surface area (TPSA) is 24.1 Å². The van der Waals surface area contributed by atoms with Gasteiger partial charge in [-0.05, 0) is 12.5 Å². The molecule has 1 N–H and O–H groups in total. The van der Waals surface area contributed by atoms with Gasteiger partial charge in [0.2, 0.25) is 0 Å². The van der Waals surface area contributed by atoms with E-state index in [1.165, 1.54) is 5.56 Å². The number of aryl methyl sites for hydroxylation is 2. The summed E-state index contributed by atoms with van der Waals surface area (Å²) in [7, 11) is 0. The zero-order valence-electron chi connectivity index (χ0n) is 7.91. The summed E-state index contributed by atoms with van der Waals surface area (Å²) in [5, 5.41) is 9.39. The molecule has 0 saturated heterocycles. The average Bonchev–Trinajstić information content (AvgIpc) is 2.05. The molecule has 0 aliphatic carbocycles. The molecule has 0 saturated carbocycles. The first-order valence-electron chi connectivity index (χ1n) is 4.34. The molecular formula is C10H16NO+. The lowest BCUT2D eigenvalue weighted by atomic mass is 10.2. The van der Waals surface area contributed by atoms with Gasteiger partial charge in [0.25, 0.3) is 6.23 Å². The molecule has 1 rings (SSSR count). The van der Waals surface area contributed by atoms with Gasteiger partial charge in [-0.1, -0.05) is 6.92 Å². The van der Waals surface area contributed by atoms with Gasteiger partial charge in [0.1, 0.15) is 0 Å². The fourth-order valence-electron chi connectivity index (χ4n) is 1.25. The number of nitrogens with zero attached hydrogens (tertiary/aromatic N) is 1. The number of aromatic nitrogens is 1. The van der Waals surface area contributed by atoms with E-state index in [2.05, 4.69) is 13.0 Å². The highest BCUT2D eigenvalue weighted by Gasteiger charge is 2.11. The Morgan fingerprint density at radius 3 is 2.67 bits per heavy atom. The van der Waals surface area contributed by atoms with E-state index in [0.717, 1.165) is 12.1 Å². The van der Waals surface area contributed by atoms with Gasteiger partial charge in [-0.25, -0.2) is 0 Å². The molecule has 0 radical (unpaired) electrons.